The zero-order chi connectivity index (χ0) is 15.0. The molecule has 0 aliphatic rings. The molecule has 1 aromatic rings. The molecule has 0 aliphatic heterocycles. The number of rotatable bonds is 8. The van der Waals surface area contributed by atoms with Crippen molar-refractivity contribution < 1.29 is 14.3 Å². The molecule has 1 aromatic carbocycles. The minimum atomic E-state index is -0.204. The Hall–Kier alpha value is -1.30. The first-order valence-electron chi connectivity index (χ1n) is 6.41. The van der Waals surface area contributed by atoms with Gasteiger partial charge in [0.25, 0.3) is 5.91 Å². The smallest absolute Gasteiger partial charge is 0.258 e. The van der Waals surface area contributed by atoms with Crippen LogP contribution in [0.1, 0.15) is 12.5 Å². The predicted octanol–water partition coefficient (Wildman–Crippen LogP) is 1.59. The molecule has 0 fully saturated rings. The maximum Gasteiger partial charge on any atom is 0.258 e. The molecule has 0 bridgehead atoms. The molecule has 0 saturated heterocycles. The first kappa shape index (κ1) is 16.8. The summed E-state index contributed by atoms with van der Waals surface area (Å²) < 4.78 is 10.3. The fourth-order valence-corrected chi connectivity index (χ4v) is 1.98. The second-order valence-electron chi connectivity index (χ2n) is 4.51. The van der Waals surface area contributed by atoms with Crippen LogP contribution in [0.25, 0.3) is 0 Å². The van der Waals surface area contributed by atoms with E-state index in [1.165, 1.54) is 0 Å². The number of nitrogens with one attached hydrogen (secondary N) is 2. The van der Waals surface area contributed by atoms with Crippen molar-refractivity contribution in [2.24, 2.45) is 0 Å². The summed E-state index contributed by atoms with van der Waals surface area (Å²) in [6, 6.07) is 5.44. The van der Waals surface area contributed by atoms with Gasteiger partial charge in [-0.3, -0.25) is 4.79 Å². The third-order valence-electron chi connectivity index (χ3n) is 2.56. The Bertz CT molecular complexity index is 440. The molecule has 2 N–H and O–H groups in total. The lowest BCUT2D eigenvalue weighted by Gasteiger charge is -2.14. The van der Waals surface area contributed by atoms with Crippen LogP contribution in [0.3, 0.4) is 0 Å². The Kier molecular flexibility index (Phi) is 7.36. The number of carbonyl (C=O) groups is 1. The largest absolute Gasteiger partial charge is 0.482 e. The van der Waals surface area contributed by atoms with Crippen LogP contribution in [-0.4, -0.2) is 39.3 Å². The quantitative estimate of drug-likeness (QED) is 0.765. The average Bonchev–Trinajstić information content (AvgIpc) is 2.38. The highest BCUT2D eigenvalue weighted by molar-refractivity contribution is 6.32. The molecular weight excluding hydrogens is 280 g/mol. The molecule has 0 heterocycles. The van der Waals surface area contributed by atoms with Gasteiger partial charge >= 0.3 is 0 Å². The minimum absolute atomic E-state index is 0.0513. The molecule has 20 heavy (non-hydrogen) atoms. The highest BCUT2D eigenvalue weighted by atomic mass is 35.5. The van der Waals surface area contributed by atoms with Gasteiger partial charge in [-0.05, 0) is 31.7 Å². The Morgan fingerprint density at radius 1 is 1.45 bits per heavy atom. The van der Waals surface area contributed by atoms with Crippen molar-refractivity contribution >= 4 is 17.5 Å². The number of ether oxygens (including phenoxy) is 2. The molecule has 1 rings (SSSR count). The zero-order valence-electron chi connectivity index (χ0n) is 12.0. The Labute approximate surface area is 124 Å². The molecule has 0 aromatic heterocycles. The van der Waals surface area contributed by atoms with Crippen molar-refractivity contribution in [1.82, 2.24) is 10.6 Å². The monoisotopic (exact) mass is 300 g/mol. The van der Waals surface area contributed by atoms with Gasteiger partial charge in [-0.2, -0.15) is 0 Å². The van der Waals surface area contributed by atoms with Gasteiger partial charge in [-0.1, -0.05) is 17.7 Å². The number of methoxy groups -OCH3 is 1. The van der Waals surface area contributed by atoms with Gasteiger partial charge in [0, 0.05) is 19.7 Å². The SMILES string of the molecule is CNCc1ccc(OCC(=O)NC(C)COC)c(Cl)c1. The predicted molar refractivity (Wildman–Crippen MR) is 79.2 cm³/mol. The molecule has 0 aliphatic carbocycles. The second-order valence-corrected chi connectivity index (χ2v) is 4.91. The van der Waals surface area contributed by atoms with Crippen LogP contribution in [0.4, 0.5) is 0 Å². The molecule has 6 heteroatoms. The van der Waals surface area contributed by atoms with E-state index in [4.69, 9.17) is 21.1 Å². The van der Waals surface area contributed by atoms with E-state index in [1.807, 2.05) is 26.1 Å². The highest BCUT2D eigenvalue weighted by Crippen LogP contribution is 2.25. The van der Waals surface area contributed by atoms with Gasteiger partial charge < -0.3 is 20.1 Å². The van der Waals surface area contributed by atoms with Crippen molar-refractivity contribution in [3.63, 3.8) is 0 Å². The molecule has 1 unspecified atom stereocenters. The lowest BCUT2D eigenvalue weighted by atomic mass is 10.2. The first-order chi connectivity index (χ1) is 9.56. The summed E-state index contributed by atoms with van der Waals surface area (Å²) in [5.41, 5.74) is 1.06. The van der Waals surface area contributed by atoms with Crippen LogP contribution in [0.2, 0.25) is 5.02 Å². The molecule has 1 amide bonds. The van der Waals surface area contributed by atoms with Gasteiger partial charge in [0.05, 0.1) is 11.6 Å². The fourth-order valence-electron chi connectivity index (χ4n) is 1.73. The van der Waals surface area contributed by atoms with E-state index >= 15 is 0 Å². The molecule has 1 atom stereocenters. The maximum atomic E-state index is 11.6. The summed E-state index contributed by atoms with van der Waals surface area (Å²) in [5, 5.41) is 6.30. The van der Waals surface area contributed by atoms with Crippen LogP contribution in [-0.2, 0) is 16.1 Å². The summed E-state index contributed by atoms with van der Waals surface area (Å²) in [6.45, 7) is 2.99. The van der Waals surface area contributed by atoms with E-state index in [9.17, 15) is 4.79 Å². The van der Waals surface area contributed by atoms with Crippen LogP contribution in [0.5, 0.6) is 5.75 Å². The van der Waals surface area contributed by atoms with Crippen LogP contribution in [0.15, 0.2) is 18.2 Å². The number of carbonyl (C=O) groups excluding carboxylic acids is 1. The van der Waals surface area contributed by atoms with Crippen molar-refractivity contribution in [1.29, 1.82) is 0 Å². The van der Waals surface area contributed by atoms with E-state index in [1.54, 1.807) is 13.2 Å². The molecule has 112 valence electrons. The second kappa shape index (κ2) is 8.79. The van der Waals surface area contributed by atoms with Crippen molar-refractivity contribution in [2.45, 2.75) is 19.5 Å². The maximum absolute atomic E-state index is 11.6. The van der Waals surface area contributed by atoms with Gasteiger partial charge in [0.2, 0.25) is 0 Å². The lowest BCUT2D eigenvalue weighted by Crippen LogP contribution is -2.38. The Balaban J connectivity index is 2.47. The van der Waals surface area contributed by atoms with Gasteiger partial charge in [0.1, 0.15) is 5.75 Å². The number of hydrogen-bond donors (Lipinski definition) is 2. The fraction of sp³-hybridized carbons (Fsp3) is 0.500. The topological polar surface area (TPSA) is 59.6 Å². The molecule has 0 saturated carbocycles. The summed E-state index contributed by atoms with van der Waals surface area (Å²) >= 11 is 6.10. The normalized spacial score (nSPS) is 12.0. The van der Waals surface area contributed by atoms with Crippen molar-refractivity contribution in [3.8, 4) is 5.75 Å². The van der Waals surface area contributed by atoms with Crippen molar-refractivity contribution in [3.05, 3.63) is 28.8 Å². The summed E-state index contributed by atoms with van der Waals surface area (Å²) in [6.07, 6.45) is 0. The number of hydrogen-bond acceptors (Lipinski definition) is 4. The summed E-state index contributed by atoms with van der Waals surface area (Å²) in [7, 11) is 3.45. The summed E-state index contributed by atoms with van der Waals surface area (Å²) in [5.74, 6) is 0.297. The van der Waals surface area contributed by atoms with E-state index in [0.717, 1.165) is 12.1 Å². The van der Waals surface area contributed by atoms with Crippen LogP contribution >= 0.6 is 11.6 Å². The Morgan fingerprint density at radius 3 is 2.80 bits per heavy atom. The third kappa shape index (κ3) is 5.77. The van der Waals surface area contributed by atoms with E-state index < -0.39 is 0 Å². The van der Waals surface area contributed by atoms with E-state index in [2.05, 4.69) is 10.6 Å². The standard InChI is InChI=1S/C14H21ClN2O3/c1-10(8-19-3)17-14(18)9-20-13-5-4-11(7-16-2)6-12(13)15/h4-6,10,16H,7-9H2,1-3H3,(H,17,18). The van der Waals surface area contributed by atoms with E-state index in [-0.39, 0.29) is 18.6 Å². The summed E-state index contributed by atoms with van der Waals surface area (Å²) in [4.78, 5) is 11.6. The molecular formula is C14H21ClN2O3. The molecule has 0 spiro atoms. The lowest BCUT2D eigenvalue weighted by molar-refractivity contribution is -0.124. The average molecular weight is 301 g/mol. The number of benzene rings is 1. The first-order valence-corrected chi connectivity index (χ1v) is 6.78. The number of halogens is 1. The third-order valence-corrected chi connectivity index (χ3v) is 2.86. The number of amides is 1. The van der Waals surface area contributed by atoms with Gasteiger partial charge in [-0.15, -0.1) is 0 Å². The molecule has 0 radical (unpaired) electrons. The van der Waals surface area contributed by atoms with Crippen LogP contribution in [0, 0.1) is 0 Å². The highest BCUT2D eigenvalue weighted by Gasteiger charge is 2.09. The van der Waals surface area contributed by atoms with Crippen LogP contribution < -0.4 is 15.4 Å². The van der Waals surface area contributed by atoms with Gasteiger partial charge in [-0.25, -0.2) is 0 Å². The Morgan fingerprint density at radius 2 is 2.20 bits per heavy atom. The van der Waals surface area contributed by atoms with Gasteiger partial charge in [0.15, 0.2) is 6.61 Å². The van der Waals surface area contributed by atoms with E-state index in [0.29, 0.717) is 17.4 Å². The minimum Gasteiger partial charge on any atom is -0.482 e. The van der Waals surface area contributed by atoms with Crippen molar-refractivity contribution in [2.75, 3.05) is 27.4 Å². The molecule has 5 nitrogen and oxygen atoms in total. The zero-order valence-corrected chi connectivity index (χ0v) is 12.8.